The smallest absolute Gasteiger partial charge is 0.277 e. The Hall–Kier alpha value is -3.08. The summed E-state index contributed by atoms with van der Waals surface area (Å²) in [6.07, 6.45) is 4.12. The Morgan fingerprint density at radius 3 is 2.65 bits per heavy atom. The van der Waals surface area contributed by atoms with E-state index in [1.54, 1.807) is 24.5 Å². The SMILES string of the molecule is O=[N+]([O-])c1cccc2c(C=NCCc3ccccc3)nccc12. The second-order valence-electron chi connectivity index (χ2n) is 5.10. The molecule has 0 aliphatic rings. The number of nitro benzene ring substituents is 1. The molecule has 0 fully saturated rings. The van der Waals surface area contributed by atoms with Gasteiger partial charge in [-0.1, -0.05) is 42.5 Å². The maximum absolute atomic E-state index is 11.1. The lowest BCUT2D eigenvalue weighted by Gasteiger charge is -2.02. The highest BCUT2D eigenvalue weighted by molar-refractivity contribution is 6.01. The molecule has 0 radical (unpaired) electrons. The van der Waals surface area contributed by atoms with Crippen molar-refractivity contribution in [3.63, 3.8) is 0 Å². The summed E-state index contributed by atoms with van der Waals surface area (Å²) in [4.78, 5) is 19.4. The van der Waals surface area contributed by atoms with E-state index in [4.69, 9.17) is 0 Å². The predicted octanol–water partition coefficient (Wildman–Crippen LogP) is 3.80. The first-order valence-corrected chi connectivity index (χ1v) is 7.31. The van der Waals surface area contributed by atoms with Gasteiger partial charge in [0.05, 0.1) is 16.0 Å². The summed E-state index contributed by atoms with van der Waals surface area (Å²) in [5, 5.41) is 12.4. The van der Waals surface area contributed by atoms with Crippen molar-refractivity contribution in [3.8, 4) is 0 Å². The number of aromatic nitrogens is 1. The first-order chi connectivity index (χ1) is 11.3. The van der Waals surface area contributed by atoms with Crippen LogP contribution in [0.4, 0.5) is 5.69 Å². The first kappa shape index (κ1) is 14.8. The molecule has 3 rings (SSSR count). The Kier molecular flexibility index (Phi) is 4.38. The molecule has 0 aliphatic carbocycles. The van der Waals surface area contributed by atoms with E-state index in [9.17, 15) is 10.1 Å². The van der Waals surface area contributed by atoms with Crippen LogP contribution < -0.4 is 0 Å². The van der Waals surface area contributed by atoms with Crippen molar-refractivity contribution >= 4 is 22.7 Å². The molecule has 0 atom stereocenters. The maximum Gasteiger partial charge on any atom is 0.277 e. The van der Waals surface area contributed by atoms with E-state index in [0.717, 1.165) is 11.8 Å². The van der Waals surface area contributed by atoms with Crippen LogP contribution in [0.5, 0.6) is 0 Å². The van der Waals surface area contributed by atoms with Crippen LogP contribution in [0, 0.1) is 10.1 Å². The molecule has 5 nitrogen and oxygen atoms in total. The minimum atomic E-state index is -0.376. The largest absolute Gasteiger partial charge is 0.291 e. The summed E-state index contributed by atoms with van der Waals surface area (Å²) < 4.78 is 0. The maximum atomic E-state index is 11.1. The molecule has 3 aromatic rings. The number of aliphatic imine (C=N–C) groups is 1. The van der Waals surface area contributed by atoms with E-state index in [-0.39, 0.29) is 10.6 Å². The highest BCUT2D eigenvalue weighted by Crippen LogP contribution is 2.25. The van der Waals surface area contributed by atoms with Gasteiger partial charge in [0.15, 0.2) is 0 Å². The van der Waals surface area contributed by atoms with Gasteiger partial charge in [-0.05, 0) is 18.1 Å². The summed E-state index contributed by atoms with van der Waals surface area (Å²) in [5.41, 5.74) is 1.97. The number of hydrogen-bond acceptors (Lipinski definition) is 4. The third-order valence-electron chi connectivity index (χ3n) is 3.60. The van der Waals surface area contributed by atoms with Crippen LogP contribution in [0.25, 0.3) is 10.8 Å². The molecular formula is C18H15N3O2. The van der Waals surface area contributed by atoms with Gasteiger partial charge in [-0.15, -0.1) is 0 Å². The zero-order chi connectivity index (χ0) is 16.1. The van der Waals surface area contributed by atoms with Crippen LogP contribution in [0.2, 0.25) is 0 Å². The molecular weight excluding hydrogens is 290 g/mol. The molecule has 1 aromatic heterocycles. The molecule has 0 amide bonds. The van der Waals surface area contributed by atoms with Gasteiger partial charge >= 0.3 is 0 Å². The highest BCUT2D eigenvalue weighted by Gasteiger charge is 2.12. The van der Waals surface area contributed by atoms with Crippen LogP contribution in [0.3, 0.4) is 0 Å². The Morgan fingerprint density at radius 1 is 1.04 bits per heavy atom. The lowest BCUT2D eigenvalue weighted by molar-refractivity contribution is -0.383. The Balaban J connectivity index is 1.81. The molecule has 0 saturated heterocycles. The lowest BCUT2D eigenvalue weighted by atomic mass is 10.1. The van der Waals surface area contributed by atoms with Crippen molar-refractivity contribution < 1.29 is 4.92 Å². The number of hydrogen-bond donors (Lipinski definition) is 0. The van der Waals surface area contributed by atoms with Gasteiger partial charge in [0.25, 0.3) is 5.69 Å². The minimum Gasteiger partial charge on any atom is -0.291 e. The predicted molar refractivity (Wildman–Crippen MR) is 91.0 cm³/mol. The molecule has 1 heterocycles. The van der Waals surface area contributed by atoms with Gasteiger partial charge in [-0.3, -0.25) is 20.1 Å². The average molecular weight is 305 g/mol. The summed E-state index contributed by atoms with van der Waals surface area (Å²) in [6, 6.07) is 16.8. The summed E-state index contributed by atoms with van der Waals surface area (Å²) >= 11 is 0. The van der Waals surface area contributed by atoms with E-state index in [2.05, 4.69) is 22.1 Å². The van der Waals surface area contributed by atoms with E-state index in [1.807, 2.05) is 24.3 Å². The third kappa shape index (κ3) is 3.40. The van der Waals surface area contributed by atoms with Crippen molar-refractivity contribution in [2.45, 2.75) is 6.42 Å². The molecule has 0 aliphatic heterocycles. The normalized spacial score (nSPS) is 11.1. The van der Waals surface area contributed by atoms with Crippen LogP contribution in [0.1, 0.15) is 11.3 Å². The van der Waals surface area contributed by atoms with Crippen molar-refractivity contribution in [1.29, 1.82) is 0 Å². The second kappa shape index (κ2) is 6.79. The van der Waals surface area contributed by atoms with Crippen molar-refractivity contribution in [2.75, 3.05) is 6.54 Å². The molecule has 0 saturated carbocycles. The monoisotopic (exact) mass is 305 g/mol. The van der Waals surface area contributed by atoms with Crippen LogP contribution in [-0.2, 0) is 6.42 Å². The molecule has 0 unspecified atom stereocenters. The zero-order valence-corrected chi connectivity index (χ0v) is 12.4. The summed E-state index contributed by atoms with van der Waals surface area (Å²) in [5.74, 6) is 0. The van der Waals surface area contributed by atoms with E-state index < -0.39 is 0 Å². The van der Waals surface area contributed by atoms with E-state index in [0.29, 0.717) is 17.6 Å². The third-order valence-corrected chi connectivity index (χ3v) is 3.60. The average Bonchev–Trinajstić information content (AvgIpc) is 2.59. The second-order valence-corrected chi connectivity index (χ2v) is 5.10. The zero-order valence-electron chi connectivity index (χ0n) is 12.4. The fourth-order valence-corrected chi connectivity index (χ4v) is 2.46. The molecule has 114 valence electrons. The molecule has 5 heteroatoms. The van der Waals surface area contributed by atoms with Crippen LogP contribution in [0.15, 0.2) is 65.8 Å². The number of pyridine rings is 1. The van der Waals surface area contributed by atoms with Crippen molar-refractivity contribution in [2.24, 2.45) is 4.99 Å². The molecule has 23 heavy (non-hydrogen) atoms. The molecule has 0 N–H and O–H groups in total. The standard InChI is InChI=1S/C18H15N3O2/c22-21(23)18-8-4-7-15-16(18)10-12-20-17(15)13-19-11-9-14-5-2-1-3-6-14/h1-8,10,12-13H,9,11H2. The van der Waals surface area contributed by atoms with Gasteiger partial charge in [0.2, 0.25) is 0 Å². The van der Waals surface area contributed by atoms with E-state index in [1.165, 1.54) is 11.6 Å². The summed E-state index contributed by atoms with van der Waals surface area (Å²) in [7, 11) is 0. The highest BCUT2D eigenvalue weighted by atomic mass is 16.6. The van der Waals surface area contributed by atoms with Crippen LogP contribution >= 0.6 is 0 Å². The Bertz CT molecular complexity index is 861. The quantitative estimate of drug-likeness (QED) is 0.409. The molecule has 2 aromatic carbocycles. The summed E-state index contributed by atoms with van der Waals surface area (Å²) in [6.45, 7) is 0.650. The number of fused-ring (bicyclic) bond motifs is 1. The van der Waals surface area contributed by atoms with Gasteiger partial charge in [0, 0.05) is 30.4 Å². The van der Waals surface area contributed by atoms with Gasteiger partial charge < -0.3 is 0 Å². The fourth-order valence-electron chi connectivity index (χ4n) is 2.46. The van der Waals surface area contributed by atoms with E-state index >= 15 is 0 Å². The molecule has 0 bridgehead atoms. The Labute approximate surface area is 133 Å². The number of rotatable bonds is 5. The Morgan fingerprint density at radius 2 is 1.87 bits per heavy atom. The molecule has 0 spiro atoms. The van der Waals surface area contributed by atoms with Gasteiger partial charge in [0.1, 0.15) is 0 Å². The van der Waals surface area contributed by atoms with Crippen molar-refractivity contribution in [1.82, 2.24) is 4.98 Å². The van der Waals surface area contributed by atoms with Gasteiger partial charge in [-0.25, -0.2) is 0 Å². The first-order valence-electron chi connectivity index (χ1n) is 7.31. The number of benzene rings is 2. The minimum absolute atomic E-state index is 0.0869. The number of nitro groups is 1. The lowest BCUT2D eigenvalue weighted by Crippen LogP contribution is -1.95. The van der Waals surface area contributed by atoms with Crippen LogP contribution in [-0.4, -0.2) is 22.7 Å². The number of nitrogens with zero attached hydrogens (tertiary/aromatic N) is 3. The van der Waals surface area contributed by atoms with Crippen molar-refractivity contribution in [3.05, 3.63) is 82.2 Å². The number of non-ortho nitro benzene ring substituents is 1. The topological polar surface area (TPSA) is 68.4 Å². The fraction of sp³-hybridized carbons (Fsp3) is 0.111. The van der Waals surface area contributed by atoms with Gasteiger partial charge in [-0.2, -0.15) is 0 Å².